The number of likely N-dealkylation sites (tertiary alicyclic amines) is 1. The van der Waals surface area contributed by atoms with Crippen molar-refractivity contribution >= 4 is 5.91 Å². The third-order valence-electron chi connectivity index (χ3n) is 3.67. The van der Waals surface area contributed by atoms with Crippen molar-refractivity contribution in [3.8, 4) is 0 Å². The van der Waals surface area contributed by atoms with Gasteiger partial charge in [0.1, 0.15) is 17.7 Å². The van der Waals surface area contributed by atoms with Gasteiger partial charge < -0.3 is 10.6 Å². The molecule has 1 aromatic rings. The van der Waals surface area contributed by atoms with Gasteiger partial charge in [-0.3, -0.25) is 4.79 Å². The van der Waals surface area contributed by atoms with Crippen LogP contribution >= 0.6 is 0 Å². The highest BCUT2D eigenvalue weighted by atomic mass is 19.4. The molecule has 2 rings (SSSR count). The van der Waals surface area contributed by atoms with Crippen molar-refractivity contribution in [1.29, 1.82) is 0 Å². The Morgan fingerprint density at radius 2 is 1.95 bits per heavy atom. The topological polar surface area (TPSA) is 46.3 Å². The summed E-state index contributed by atoms with van der Waals surface area (Å²) in [7, 11) is 0. The van der Waals surface area contributed by atoms with E-state index in [9.17, 15) is 26.7 Å². The van der Waals surface area contributed by atoms with Crippen LogP contribution in [-0.4, -0.2) is 35.6 Å². The van der Waals surface area contributed by atoms with Crippen molar-refractivity contribution in [3.05, 3.63) is 35.4 Å². The number of carbonyl (C=O) groups is 1. The number of nitrogens with zero attached hydrogens (tertiary/aromatic N) is 1. The van der Waals surface area contributed by atoms with Crippen LogP contribution in [0.25, 0.3) is 0 Å². The van der Waals surface area contributed by atoms with Crippen molar-refractivity contribution in [1.82, 2.24) is 4.90 Å². The zero-order valence-corrected chi connectivity index (χ0v) is 11.5. The van der Waals surface area contributed by atoms with Gasteiger partial charge in [0.05, 0.1) is 6.42 Å². The number of carbonyl (C=O) groups excluding carboxylic acids is 1. The monoisotopic (exact) mass is 322 g/mol. The number of piperidine rings is 1. The van der Waals surface area contributed by atoms with Crippen molar-refractivity contribution in [3.63, 3.8) is 0 Å². The van der Waals surface area contributed by atoms with E-state index in [1.165, 1.54) is 0 Å². The molecular weight excluding hydrogens is 307 g/mol. The zero-order valence-electron chi connectivity index (χ0n) is 11.5. The Morgan fingerprint density at radius 1 is 1.27 bits per heavy atom. The normalized spacial score (nSPS) is 22.7. The van der Waals surface area contributed by atoms with Crippen LogP contribution in [0.4, 0.5) is 22.0 Å². The Kier molecular flexibility index (Phi) is 4.69. The molecule has 0 aliphatic carbocycles. The molecule has 1 fully saturated rings. The van der Waals surface area contributed by atoms with Crippen molar-refractivity contribution < 1.29 is 26.7 Å². The Bertz CT molecular complexity index is 561. The van der Waals surface area contributed by atoms with Gasteiger partial charge in [0.15, 0.2) is 0 Å². The lowest BCUT2D eigenvalue weighted by Crippen LogP contribution is -2.57. The number of benzene rings is 1. The first-order chi connectivity index (χ1) is 10.2. The van der Waals surface area contributed by atoms with E-state index in [1.807, 2.05) is 0 Å². The largest absolute Gasteiger partial charge is 0.408 e. The molecule has 2 atom stereocenters. The van der Waals surface area contributed by atoms with Crippen LogP contribution in [0.1, 0.15) is 18.4 Å². The van der Waals surface area contributed by atoms with E-state index in [4.69, 9.17) is 5.73 Å². The molecule has 2 N–H and O–H groups in total. The van der Waals surface area contributed by atoms with Crippen LogP contribution in [0, 0.1) is 11.6 Å². The van der Waals surface area contributed by atoms with E-state index in [0.717, 1.165) is 12.1 Å². The predicted octanol–water partition coefficient (Wildman–Crippen LogP) is 2.39. The molecule has 3 nitrogen and oxygen atoms in total. The van der Waals surface area contributed by atoms with Gasteiger partial charge in [0.25, 0.3) is 0 Å². The van der Waals surface area contributed by atoms with Crippen LogP contribution in [0.5, 0.6) is 0 Å². The Labute approximate surface area is 123 Å². The minimum Gasteiger partial charge on any atom is -0.329 e. The molecule has 8 heteroatoms. The molecule has 0 spiro atoms. The van der Waals surface area contributed by atoms with Crippen LogP contribution in [0.2, 0.25) is 0 Å². The maximum Gasteiger partial charge on any atom is 0.408 e. The molecular formula is C14H15F5N2O. The summed E-state index contributed by atoms with van der Waals surface area (Å²) in [6.45, 7) is -0.230. The number of hydrogen-bond acceptors (Lipinski definition) is 2. The summed E-state index contributed by atoms with van der Waals surface area (Å²) in [5, 5.41) is 0. The van der Waals surface area contributed by atoms with E-state index in [0.29, 0.717) is 11.0 Å². The van der Waals surface area contributed by atoms with E-state index in [-0.39, 0.29) is 24.9 Å². The Hall–Kier alpha value is -1.70. The molecule has 1 aliphatic heterocycles. The smallest absolute Gasteiger partial charge is 0.329 e. The minimum atomic E-state index is -4.56. The predicted molar refractivity (Wildman–Crippen MR) is 68.8 cm³/mol. The van der Waals surface area contributed by atoms with Crippen LogP contribution in [0.15, 0.2) is 18.2 Å². The lowest BCUT2D eigenvalue weighted by atomic mass is 9.97. The fraction of sp³-hybridized carbons (Fsp3) is 0.500. The third kappa shape index (κ3) is 3.73. The molecule has 2 unspecified atom stereocenters. The number of alkyl halides is 3. The maximum absolute atomic E-state index is 13.5. The number of hydrogen-bond donors (Lipinski definition) is 1. The molecule has 1 aliphatic rings. The quantitative estimate of drug-likeness (QED) is 0.850. The second-order valence-corrected chi connectivity index (χ2v) is 5.35. The zero-order chi connectivity index (χ0) is 16.5. The first kappa shape index (κ1) is 16.7. The van der Waals surface area contributed by atoms with Gasteiger partial charge in [0.2, 0.25) is 5.91 Å². The Morgan fingerprint density at radius 3 is 2.55 bits per heavy atom. The van der Waals surface area contributed by atoms with Crippen molar-refractivity contribution in [2.24, 2.45) is 5.73 Å². The molecule has 1 amide bonds. The minimum absolute atomic E-state index is 0.147. The van der Waals surface area contributed by atoms with Crippen molar-refractivity contribution in [2.75, 3.05) is 6.54 Å². The average molecular weight is 322 g/mol. The molecule has 1 heterocycles. The summed E-state index contributed by atoms with van der Waals surface area (Å²) in [5.41, 5.74) is 5.48. The second kappa shape index (κ2) is 6.20. The van der Waals surface area contributed by atoms with Gasteiger partial charge in [0, 0.05) is 18.7 Å². The molecule has 0 radical (unpaired) electrons. The van der Waals surface area contributed by atoms with E-state index in [1.54, 1.807) is 0 Å². The van der Waals surface area contributed by atoms with Gasteiger partial charge in [-0.25, -0.2) is 8.78 Å². The fourth-order valence-corrected chi connectivity index (χ4v) is 2.54. The second-order valence-electron chi connectivity index (χ2n) is 5.35. The highest BCUT2D eigenvalue weighted by molar-refractivity contribution is 5.79. The summed E-state index contributed by atoms with van der Waals surface area (Å²) in [4.78, 5) is 12.8. The first-order valence-corrected chi connectivity index (χ1v) is 6.74. The van der Waals surface area contributed by atoms with Crippen LogP contribution in [0.3, 0.4) is 0 Å². The summed E-state index contributed by atoms with van der Waals surface area (Å²) in [5.74, 6) is -2.65. The molecule has 1 aromatic carbocycles. The van der Waals surface area contributed by atoms with E-state index < -0.39 is 42.2 Å². The molecule has 122 valence electrons. The SMILES string of the molecule is NC1CCC(C(F)(F)F)N(C(=O)Cc2ccc(F)cc2F)C1. The molecule has 0 saturated carbocycles. The highest BCUT2D eigenvalue weighted by Crippen LogP contribution is 2.32. The van der Waals surface area contributed by atoms with Gasteiger partial charge in [-0.2, -0.15) is 13.2 Å². The molecule has 22 heavy (non-hydrogen) atoms. The van der Waals surface area contributed by atoms with E-state index in [2.05, 4.69) is 0 Å². The third-order valence-corrected chi connectivity index (χ3v) is 3.67. The standard InChI is InChI=1S/C14H15F5N2O/c15-9-2-1-8(11(16)6-9)5-13(22)21-7-10(20)3-4-12(21)14(17,18)19/h1-2,6,10,12H,3-5,7,20H2. The first-order valence-electron chi connectivity index (χ1n) is 6.74. The average Bonchev–Trinajstić information content (AvgIpc) is 2.40. The summed E-state index contributed by atoms with van der Waals surface area (Å²) >= 11 is 0. The van der Waals surface area contributed by atoms with Gasteiger partial charge in [-0.1, -0.05) is 6.07 Å². The Balaban J connectivity index is 2.18. The number of halogens is 5. The number of rotatable bonds is 2. The summed E-state index contributed by atoms with van der Waals surface area (Å²) in [6.07, 6.45) is -5.23. The lowest BCUT2D eigenvalue weighted by Gasteiger charge is -2.39. The van der Waals surface area contributed by atoms with Gasteiger partial charge in [-0.05, 0) is 24.5 Å². The van der Waals surface area contributed by atoms with Crippen LogP contribution in [-0.2, 0) is 11.2 Å². The fourth-order valence-electron chi connectivity index (χ4n) is 2.54. The molecule has 0 bridgehead atoms. The molecule has 1 saturated heterocycles. The summed E-state index contributed by atoms with van der Waals surface area (Å²) < 4.78 is 65.3. The van der Waals surface area contributed by atoms with Crippen LogP contribution < -0.4 is 5.73 Å². The number of nitrogens with two attached hydrogens (primary N) is 1. The van der Waals surface area contributed by atoms with Gasteiger partial charge in [-0.15, -0.1) is 0 Å². The maximum atomic E-state index is 13.5. The van der Waals surface area contributed by atoms with Crippen molar-refractivity contribution in [2.45, 2.75) is 37.5 Å². The number of amides is 1. The van der Waals surface area contributed by atoms with Gasteiger partial charge >= 0.3 is 6.18 Å². The highest BCUT2D eigenvalue weighted by Gasteiger charge is 2.47. The lowest BCUT2D eigenvalue weighted by molar-refractivity contribution is -0.196. The molecule has 0 aromatic heterocycles. The van der Waals surface area contributed by atoms with E-state index >= 15 is 0 Å². The summed E-state index contributed by atoms with van der Waals surface area (Å²) in [6, 6.07) is 0.138.